The first-order valence-corrected chi connectivity index (χ1v) is 12.4. The third-order valence-electron chi connectivity index (χ3n) is 6.17. The Bertz CT molecular complexity index is 1100. The van der Waals surface area contributed by atoms with Crippen molar-refractivity contribution in [3.8, 4) is 0 Å². The van der Waals surface area contributed by atoms with Crippen LogP contribution in [0, 0.1) is 0 Å². The van der Waals surface area contributed by atoms with Crippen LogP contribution in [0.1, 0.15) is 61.9 Å². The number of pyridine rings is 1. The lowest BCUT2D eigenvalue weighted by atomic mass is 9.89. The van der Waals surface area contributed by atoms with Crippen LogP contribution in [-0.4, -0.2) is 23.0 Å². The lowest BCUT2D eigenvalue weighted by Gasteiger charge is -2.19. The molecule has 0 aliphatic heterocycles. The highest BCUT2D eigenvalue weighted by Gasteiger charge is 2.43. The van der Waals surface area contributed by atoms with Gasteiger partial charge in [0.1, 0.15) is 0 Å². The molecule has 164 valence electrons. The Labute approximate surface area is 184 Å². The van der Waals surface area contributed by atoms with Crippen molar-refractivity contribution in [1.82, 2.24) is 19.3 Å². The van der Waals surface area contributed by atoms with E-state index in [0.717, 1.165) is 5.56 Å². The van der Waals surface area contributed by atoms with Gasteiger partial charge >= 0.3 is 0 Å². The number of rotatable bonds is 10. The predicted molar refractivity (Wildman–Crippen MR) is 121 cm³/mol. The van der Waals surface area contributed by atoms with Crippen molar-refractivity contribution >= 4 is 10.0 Å². The third-order valence-corrected chi connectivity index (χ3v) is 7.52. The molecule has 1 aliphatic rings. The summed E-state index contributed by atoms with van der Waals surface area (Å²) in [5, 5.41) is 0.0119. The number of aromatic nitrogens is 3. The fourth-order valence-corrected chi connectivity index (χ4v) is 5.33. The minimum atomic E-state index is -3.76. The maximum atomic E-state index is 12.9. The molecule has 1 N–H and O–H groups in total. The van der Waals surface area contributed by atoms with Gasteiger partial charge in [0.15, 0.2) is 5.03 Å². The average Bonchev–Trinajstić information content (AvgIpc) is 3.44. The van der Waals surface area contributed by atoms with Crippen LogP contribution >= 0.6 is 0 Å². The van der Waals surface area contributed by atoms with Crippen molar-refractivity contribution < 1.29 is 8.42 Å². The van der Waals surface area contributed by atoms with E-state index in [1.807, 2.05) is 18.2 Å². The zero-order valence-electron chi connectivity index (χ0n) is 18.2. The molecule has 1 aromatic carbocycles. The van der Waals surface area contributed by atoms with E-state index in [1.165, 1.54) is 50.2 Å². The van der Waals surface area contributed by atoms with Crippen LogP contribution in [0.25, 0.3) is 0 Å². The summed E-state index contributed by atoms with van der Waals surface area (Å²) in [6.07, 6.45) is 11.5. The molecule has 0 amide bonds. The largest absolute Gasteiger partial charge is 0.339 e. The maximum absolute atomic E-state index is 12.9. The zero-order chi connectivity index (χ0) is 21.9. The molecule has 7 heteroatoms. The Hall–Kier alpha value is -2.51. The molecule has 0 radical (unpaired) electrons. The summed E-state index contributed by atoms with van der Waals surface area (Å²) in [5.74, 6) is 0. The topological polar surface area (TPSA) is 76.9 Å². The Morgan fingerprint density at radius 2 is 1.90 bits per heavy atom. The predicted octanol–water partition coefficient (Wildman–Crippen LogP) is 4.30. The van der Waals surface area contributed by atoms with E-state index in [-0.39, 0.29) is 5.03 Å². The fraction of sp³-hybridized carbons (Fsp3) is 0.417. The summed E-state index contributed by atoms with van der Waals surface area (Å²) in [7, 11) is -2.01. The molecule has 1 unspecified atom stereocenters. The number of imidazole rings is 1. The first kappa shape index (κ1) is 21.7. The normalized spacial score (nSPS) is 16.2. The number of nitrogens with one attached hydrogen (secondary N) is 1. The SMILES string of the molecule is CCCCC1(c2ccc(CC(NS(=O)(=O)c3cn(C)cn3)c3ccccn3)cc2)CC1. The smallest absolute Gasteiger partial charge is 0.260 e. The minimum Gasteiger partial charge on any atom is -0.339 e. The van der Waals surface area contributed by atoms with Crippen molar-refractivity contribution in [1.29, 1.82) is 0 Å². The third kappa shape index (κ3) is 5.05. The van der Waals surface area contributed by atoms with Gasteiger partial charge in [0.2, 0.25) is 0 Å². The van der Waals surface area contributed by atoms with Gasteiger partial charge in [-0.05, 0) is 54.4 Å². The number of hydrogen-bond donors (Lipinski definition) is 1. The van der Waals surface area contributed by atoms with E-state index in [0.29, 0.717) is 17.5 Å². The standard InChI is InChI=1S/C24H30N4O2S/c1-3-4-12-24(13-14-24)20-10-8-19(9-11-20)16-22(21-7-5-6-15-25-21)27-31(29,30)23-17-28(2)18-26-23/h5-11,15,17-18,22,27H,3-4,12-14,16H2,1-2H3. The molecule has 0 saturated heterocycles. The van der Waals surface area contributed by atoms with Crippen LogP contribution in [0.5, 0.6) is 0 Å². The van der Waals surface area contributed by atoms with Gasteiger partial charge in [0, 0.05) is 19.4 Å². The summed E-state index contributed by atoms with van der Waals surface area (Å²) in [4.78, 5) is 8.41. The zero-order valence-corrected chi connectivity index (χ0v) is 19.0. The van der Waals surface area contributed by atoms with Gasteiger partial charge < -0.3 is 4.57 Å². The van der Waals surface area contributed by atoms with Gasteiger partial charge in [-0.3, -0.25) is 4.98 Å². The number of aryl methyl sites for hydroxylation is 1. The van der Waals surface area contributed by atoms with Gasteiger partial charge in [-0.1, -0.05) is 50.1 Å². The molecule has 1 aliphatic carbocycles. The van der Waals surface area contributed by atoms with E-state index < -0.39 is 16.1 Å². The number of unbranched alkanes of at least 4 members (excludes halogenated alkanes) is 1. The lowest BCUT2D eigenvalue weighted by Crippen LogP contribution is -2.31. The number of hydrogen-bond acceptors (Lipinski definition) is 4. The van der Waals surface area contributed by atoms with Crippen LogP contribution < -0.4 is 4.72 Å². The van der Waals surface area contributed by atoms with Crippen LogP contribution in [0.4, 0.5) is 0 Å². The van der Waals surface area contributed by atoms with Gasteiger partial charge in [-0.25, -0.2) is 18.1 Å². The van der Waals surface area contributed by atoms with E-state index in [4.69, 9.17) is 0 Å². The quantitative estimate of drug-likeness (QED) is 0.512. The fourth-order valence-electron chi connectivity index (χ4n) is 4.14. The summed E-state index contributed by atoms with van der Waals surface area (Å²) < 4.78 is 30.2. The maximum Gasteiger partial charge on any atom is 0.260 e. The monoisotopic (exact) mass is 438 g/mol. The molecule has 4 rings (SSSR count). The van der Waals surface area contributed by atoms with E-state index in [1.54, 1.807) is 17.8 Å². The van der Waals surface area contributed by atoms with Crippen molar-refractivity contribution in [2.45, 2.75) is 61.9 Å². The average molecular weight is 439 g/mol. The first-order valence-electron chi connectivity index (χ1n) is 10.9. The van der Waals surface area contributed by atoms with Gasteiger partial charge in [0.05, 0.1) is 18.1 Å². The molecule has 1 atom stereocenters. The second kappa shape index (κ2) is 8.93. The molecule has 0 spiro atoms. The highest BCUT2D eigenvalue weighted by Crippen LogP contribution is 2.52. The minimum absolute atomic E-state index is 0.0119. The van der Waals surface area contributed by atoms with Crippen LogP contribution in [-0.2, 0) is 28.9 Å². The van der Waals surface area contributed by atoms with E-state index in [9.17, 15) is 8.42 Å². The summed E-state index contributed by atoms with van der Waals surface area (Å²) >= 11 is 0. The summed E-state index contributed by atoms with van der Waals surface area (Å²) in [6.45, 7) is 2.24. The molecule has 6 nitrogen and oxygen atoms in total. The second-order valence-corrected chi connectivity index (χ2v) is 10.3. The molecule has 1 saturated carbocycles. The Morgan fingerprint density at radius 3 is 2.48 bits per heavy atom. The molecule has 0 bridgehead atoms. The Morgan fingerprint density at radius 1 is 1.13 bits per heavy atom. The highest BCUT2D eigenvalue weighted by atomic mass is 32.2. The van der Waals surface area contributed by atoms with Crippen molar-refractivity contribution in [3.05, 3.63) is 78.0 Å². The summed E-state index contributed by atoms with van der Waals surface area (Å²) in [6, 6.07) is 13.8. The molecular weight excluding hydrogens is 408 g/mol. The van der Waals surface area contributed by atoms with Crippen molar-refractivity contribution in [3.63, 3.8) is 0 Å². The second-order valence-electron chi connectivity index (χ2n) is 8.59. The van der Waals surface area contributed by atoms with E-state index >= 15 is 0 Å². The van der Waals surface area contributed by atoms with Crippen LogP contribution in [0.3, 0.4) is 0 Å². The van der Waals surface area contributed by atoms with Gasteiger partial charge in [0.25, 0.3) is 10.0 Å². The van der Waals surface area contributed by atoms with Crippen LogP contribution in [0.2, 0.25) is 0 Å². The lowest BCUT2D eigenvalue weighted by molar-refractivity contribution is 0.546. The van der Waals surface area contributed by atoms with Gasteiger partial charge in [-0.2, -0.15) is 0 Å². The molecule has 3 aromatic rings. The molecule has 1 fully saturated rings. The van der Waals surface area contributed by atoms with Gasteiger partial charge in [-0.15, -0.1) is 0 Å². The Balaban J connectivity index is 1.54. The number of benzene rings is 1. The number of sulfonamides is 1. The van der Waals surface area contributed by atoms with Crippen LogP contribution in [0.15, 0.2) is 66.2 Å². The van der Waals surface area contributed by atoms with E-state index in [2.05, 4.69) is 45.9 Å². The molecular formula is C24H30N4O2S. The first-order chi connectivity index (χ1) is 14.9. The highest BCUT2D eigenvalue weighted by molar-refractivity contribution is 7.89. The molecule has 2 aromatic heterocycles. The summed E-state index contributed by atoms with van der Waals surface area (Å²) in [5.41, 5.74) is 3.55. The number of nitrogens with zero attached hydrogens (tertiary/aromatic N) is 3. The molecule has 2 heterocycles. The van der Waals surface area contributed by atoms with Crippen molar-refractivity contribution in [2.75, 3.05) is 0 Å². The Kier molecular flexibility index (Phi) is 6.25. The molecule has 31 heavy (non-hydrogen) atoms. The van der Waals surface area contributed by atoms with Crippen molar-refractivity contribution in [2.24, 2.45) is 7.05 Å².